The number of anilines is 1. The van der Waals surface area contributed by atoms with E-state index in [2.05, 4.69) is 0 Å². The molecule has 0 bridgehead atoms. The molecule has 1 saturated carbocycles. The Morgan fingerprint density at radius 3 is 2.95 bits per heavy atom. The van der Waals surface area contributed by atoms with Crippen LogP contribution in [-0.2, 0) is 9.53 Å². The average molecular weight is 287 g/mol. The molecule has 3 unspecified atom stereocenters. The van der Waals surface area contributed by atoms with Gasteiger partial charge >= 0.3 is 5.97 Å². The Bertz CT molecular complexity index is 593. The Labute approximate surface area is 124 Å². The van der Waals surface area contributed by atoms with E-state index in [4.69, 9.17) is 10.5 Å². The van der Waals surface area contributed by atoms with Gasteiger partial charge in [-0.3, -0.25) is 0 Å². The molecule has 2 aliphatic rings. The summed E-state index contributed by atoms with van der Waals surface area (Å²) in [4.78, 5) is 12.3. The van der Waals surface area contributed by atoms with Crippen LogP contribution >= 0.6 is 0 Å². The van der Waals surface area contributed by atoms with Gasteiger partial charge in [0.05, 0.1) is 11.5 Å². The molecule has 1 aliphatic carbocycles. The molecule has 1 aromatic rings. The van der Waals surface area contributed by atoms with E-state index in [1.807, 2.05) is 31.2 Å². The zero-order valence-electron chi connectivity index (χ0n) is 12.2. The SMILES string of the molecule is CCC(C1=C(O)C2CCCC2OC1=O)c1cccc(N)c1. The Morgan fingerprint density at radius 1 is 1.43 bits per heavy atom. The van der Waals surface area contributed by atoms with Crippen molar-refractivity contribution in [3.63, 3.8) is 0 Å². The summed E-state index contributed by atoms with van der Waals surface area (Å²) in [5.41, 5.74) is 7.88. The van der Waals surface area contributed by atoms with Crippen molar-refractivity contribution in [2.24, 2.45) is 5.92 Å². The number of benzene rings is 1. The fourth-order valence-electron chi connectivity index (χ4n) is 3.59. The molecular weight excluding hydrogens is 266 g/mol. The molecule has 3 rings (SSSR count). The highest BCUT2D eigenvalue weighted by molar-refractivity contribution is 5.92. The van der Waals surface area contributed by atoms with Crippen molar-refractivity contribution in [2.75, 3.05) is 5.73 Å². The van der Waals surface area contributed by atoms with Crippen LogP contribution in [0.3, 0.4) is 0 Å². The summed E-state index contributed by atoms with van der Waals surface area (Å²) in [7, 11) is 0. The summed E-state index contributed by atoms with van der Waals surface area (Å²) in [5.74, 6) is -0.316. The third kappa shape index (κ3) is 2.39. The van der Waals surface area contributed by atoms with Gasteiger partial charge in [0.25, 0.3) is 0 Å². The lowest BCUT2D eigenvalue weighted by Gasteiger charge is -2.30. The standard InChI is InChI=1S/C17H21NO3/c1-2-12(10-5-3-6-11(18)9-10)15-16(19)13-7-4-8-14(13)21-17(15)20/h3,5-6,9,12-14,19H,2,4,7-8,18H2,1H3. The fourth-order valence-corrected chi connectivity index (χ4v) is 3.59. The van der Waals surface area contributed by atoms with E-state index < -0.39 is 0 Å². The number of esters is 1. The number of aliphatic hydroxyl groups excluding tert-OH is 1. The second kappa shape index (κ2) is 5.43. The van der Waals surface area contributed by atoms with Crippen molar-refractivity contribution in [1.29, 1.82) is 0 Å². The third-order valence-electron chi connectivity index (χ3n) is 4.63. The van der Waals surface area contributed by atoms with E-state index in [0.717, 1.165) is 31.2 Å². The van der Waals surface area contributed by atoms with Gasteiger partial charge in [0, 0.05) is 11.6 Å². The van der Waals surface area contributed by atoms with Gasteiger partial charge in [-0.15, -0.1) is 0 Å². The Kier molecular flexibility index (Phi) is 3.62. The van der Waals surface area contributed by atoms with Crippen LogP contribution in [-0.4, -0.2) is 17.2 Å². The first-order chi connectivity index (χ1) is 10.1. The molecule has 4 nitrogen and oxygen atoms in total. The summed E-state index contributed by atoms with van der Waals surface area (Å²) >= 11 is 0. The van der Waals surface area contributed by atoms with Gasteiger partial charge in [-0.25, -0.2) is 4.79 Å². The van der Waals surface area contributed by atoms with E-state index in [1.165, 1.54) is 0 Å². The van der Waals surface area contributed by atoms with Gasteiger partial charge in [-0.2, -0.15) is 0 Å². The maximum Gasteiger partial charge on any atom is 0.338 e. The minimum atomic E-state index is -0.370. The molecule has 0 radical (unpaired) electrons. The van der Waals surface area contributed by atoms with E-state index in [9.17, 15) is 9.90 Å². The number of hydrogen-bond acceptors (Lipinski definition) is 4. The van der Waals surface area contributed by atoms with Crippen LogP contribution < -0.4 is 5.73 Å². The first-order valence-corrected chi connectivity index (χ1v) is 7.61. The van der Waals surface area contributed by atoms with Crippen LogP contribution in [0.15, 0.2) is 35.6 Å². The first-order valence-electron chi connectivity index (χ1n) is 7.61. The molecular formula is C17H21NO3. The van der Waals surface area contributed by atoms with E-state index in [0.29, 0.717) is 11.3 Å². The second-order valence-electron chi connectivity index (χ2n) is 5.91. The van der Waals surface area contributed by atoms with Crippen LogP contribution in [0.5, 0.6) is 0 Å². The smallest absolute Gasteiger partial charge is 0.338 e. The number of rotatable bonds is 3. The van der Waals surface area contributed by atoms with Crippen molar-refractivity contribution in [2.45, 2.75) is 44.6 Å². The first kappa shape index (κ1) is 14.0. The number of ether oxygens (including phenoxy) is 1. The predicted octanol–water partition coefficient (Wildman–Crippen LogP) is 3.30. The largest absolute Gasteiger partial charge is 0.511 e. The fraction of sp³-hybridized carbons (Fsp3) is 0.471. The molecule has 0 spiro atoms. The van der Waals surface area contributed by atoms with Crippen molar-refractivity contribution in [1.82, 2.24) is 0 Å². The lowest BCUT2D eigenvalue weighted by molar-refractivity contribution is -0.149. The minimum Gasteiger partial charge on any atom is -0.511 e. The Hall–Kier alpha value is -1.97. The molecule has 0 saturated heterocycles. The zero-order chi connectivity index (χ0) is 15.0. The summed E-state index contributed by atoms with van der Waals surface area (Å²) in [6, 6.07) is 7.50. The van der Waals surface area contributed by atoms with Crippen LogP contribution in [0.4, 0.5) is 5.69 Å². The van der Waals surface area contributed by atoms with Crippen molar-refractivity contribution < 1.29 is 14.6 Å². The normalized spacial score (nSPS) is 26.4. The third-order valence-corrected chi connectivity index (χ3v) is 4.63. The maximum atomic E-state index is 12.3. The zero-order valence-corrected chi connectivity index (χ0v) is 12.2. The molecule has 21 heavy (non-hydrogen) atoms. The molecule has 4 heteroatoms. The topological polar surface area (TPSA) is 72.5 Å². The average Bonchev–Trinajstić information content (AvgIpc) is 2.91. The molecule has 0 amide bonds. The summed E-state index contributed by atoms with van der Waals surface area (Å²) < 4.78 is 5.54. The highest BCUT2D eigenvalue weighted by Gasteiger charge is 2.43. The molecule has 1 aromatic carbocycles. The number of hydrogen-bond donors (Lipinski definition) is 2. The lowest BCUT2D eigenvalue weighted by atomic mass is 9.83. The lowest BCUT2D eigenvalue weighted by Crippen LogP contribution is -2.33. The molecule has 3 N–H and O–H groups in total. The number of nitrogens with two attached hydrogens (primary N) is 1. The summed E-state index contributed by atoms with van der Waals surface area (Å²) in [6.45, 7) is 2.00. The molecule has 1 fully saturated rings. The highest BCUT2D eigenvalue weighted by atomic mass is 16.5. The molecule has 1 heterocycles. The van der Waals surface area contributed by atoms with Gasteiger partial charge in [-0.05, 0) is 43.4 Å². The maximum absolute atomic E-state index is 12.3. The van der Waals surface area contributed by atoms with Gasteiger partial charge in [-0.1, -0.05) is 19.1 Å². The molecule has 112 valence electrons. The Morgan fingerprint density at radius 2 is 2.24 bits per heavy atom. The molecule has 1 aliphatic heterocycles. The monoisotopic (exact) mass is 287 g/mol. The van der Waals surface area contributed by atoms with E-state index >= 15 is 0 Å². The minimum absolute atomic E-state index is 0.0205. The van der Waals surface area contributed by atoms with Crippen LogP contribution in [0.1, 0.15) is 44.1 Å². The van der Waals surface area contributed by atoms with E-state index in [1.54, 1.807) is 0 Å². The summed E-state index contributed by atoms with van der Waals surface area (Å²) in [6.07, 6.45) is 3.31. The van der Waals surface area contributed by atoms with Crippen LogP contribution in [0.25, 0.3) is 0 Å². The quantitative estimate of drug-likeness (QED) is 0.661. The van der Waals surface area contributed by atoms with Crippen molar-refractivity contribution >= 4 is 11.7 Å². The number of fused-ring (bicyclic) bond motifs is 1. The molecule has 3 atom stereocenters. The number of nitrogen functional groups attached to an aromatic ring is 1. The Balaban J connectivity index is 2.02. The number of aliphatic hydroxyl groups is 1. The van der Waals surface area contributed by atoms with E-state index in [-0.39, 0.29) is 29.7 Å². The van der Waals surface area contributed by atoms with Gasteiger partial charge in [0.1, 0.15) is 11.9 Å². The van der Waals surface area contributed by atoms with Crippen molar-refractivity contribution in [3.8, 4) is 0 Å². The number of carbonyl (C=O) groups is 1. The van der Waals surface area contributed by atoms with Gasteiger partial charge in [0.15, 0.2) is 0 Å². The molecule has 0 aromatic heterocycles. The van der Waals surface area contributed by atoms with Gasteiger partial charge < -0.3 is 15.6 Å². The van der Waals surface area contributed by atoms with Crippen molar-refractivity contribution in [3.05, 3.63) is 41.2 Å². The predicted molar refractivity (Wildman–Crippen MR) is 80.8 cm³/mol. The van der Waals surface area contributed by atoms with Crippen LogP contribution in [0.2, 0.25) is 0 Å². The summed E-state index contributed by atoms with van der Waals surface area (Å²) in [5, 5.41) is 10.6. The second-order valence-corrected chi connectivity index (χ2v) is 5.91. The number of carbonyl (C=O) groups excluding carboxylic acids is 1. The van der Waals surface area contributed by atoms with Crippen LogP contribution in [0, 0.1) is 5.92 Å². The highest BCUT2D eigenvalue weighted by Crippen LogP contribution is 2.42. The van der Waals surface area contributed by atoms with Gasteiger partial charge in [0.2, 0.25) is 0 Å².